The number of likely N-dealkylation sites (tertiary alicyclic amines) is 1. The molecule has 4 aromatic rings. The number of carbonyl (C=O) groups excluding carboxylic acids is 2. The number of rotatable bonds is 15. The molecular formula is C41H53N5O3S. The Morgan fingerprint density at radius 3 is 2.16 bits per heavy atom. The SMILES string of the molecule is CCCCCCCOc1ccc(-c2cnc(-c3ccc(C[C@H](NC(=O)c4ccc(C(C)(C)C)s4)C(=O)N4CCC(NC)CC4)cc3)nc2)cc1. The lowest BCUT2D eigenvalue weighted by Crippen LogP contribution is -2.53. The Morgan fingerprint density at radius 1 is 0.880 bits per heavy atom. The van der Waals surface area contributed by atoms with Crippen molar-refractivity contribution in [2.45, 2.75) is 96.6 Å². The Morgan fingerprint density at radius 2 is 1.54 bits per heavy atom. The summed E-state index contributed by atoms with van der Waals surface area (Å²) in [6.07, 6.45) is 12.0. The minimum Gasteiger partial charge on any atom is -0.494 e. The molecule has 1 fully saturated rings. The Kier molecular flexibility index (Phi) is 13.2. The second kappa shape index (κ2) is 17.7. The lowest BCUT2D eigenvalue weighted by molar-refractivity contribution is -0.134. The van der Waals surface area contributed by atoms with E-state index in [2.05, 4.69) is 48.3 Å². The summed E-state index contributed by atoms with van der Waals surface area (Å²) in [5.74, 6) is 1.26. The van der Waals surface area contributed by atoms with Gasteiger partial charge in [-0.3, -0.25) is 9.59 Å². The van der Waals surface area contributed by atoms with Gasteiger partial charge in [0.2, 0.25) is 5.91 Å². The van der Waals surface area contributed by atoms with E-state index in [0.717, 1.165) is 58.7 Å². The van der Waals surface area contributed by atoms with Crippen LogP contribution >= 0.6 is 11.3 Å². The number of unbranched alkanes of at least 4 members (excludes halogenated alkanes) is 4. The molecule has 1 saturated heterocycles. The molecule has 50 heavy (non-hydrogen) atoms. The molecule has 3 heterocycles. The van der Waals surface area contributed by atoms with E-state index in [1.807, 2.05) is 85.0 Å². The first-order valence-electron chi connectivity index (χ1n) is 18.2. The van der Waals surface area contributed by atoms with Gasteiger partial charge in [0.1, 0.15) is 11.8 Å². The number of thiophene rings is 1. The van der Waals surface area contributed by atoms with Gasteiger partial charge in [-0.25, -0.2) is 9.97 Å². The van der Waals surface area contributed by atoms with E-state index < -0.39 is 6.04 Å². The number of hydrogen-bond donors (Lipinski definition) is 2. The molecule has 8 nitrogen and oxygen atoms in total. The van der Waals surface area contributed by atoms with E-state index >= 15 is 0 Å². The minimum absolute atomic E-state index is 0.0366. The second-order valence-corrected chi connectivity index (χ2v) is 15.4. The minimum atomic E-state index is -0.669. The van der Waals surface area contributed by atoms with Crippen molar-refractivity contribution in [3.8, 4) is 28.3 Å². The molecule has 5 rings (SSSR count). The molecule has 2 aromatic carbocycles. The standard InChI is InChI=1S/C41H53N5O3S/c1-6-7-8-9-10-25-49-34-17-15-30(16-18-34)32-27-43-38(44-28-32)31-13-11-29(12-14-31)26-35(40(48)46-23-21-33(42-5)22-24-46)45-39(47)36-19-20-37(50-36)41(2,3)4/h11-20,27-28,33,35,42H,6-10,21-26H2,1-5H3,(H,45,47)/t35-/m0/s1. The number of nitrogens with zero attached hydrogens (tertiary/aromatic N) is 3. The molecule has 1 aliphatic rings. The van der Waals surface area contributed by atoms with E-state index in [-0.39, 0.29) is 17.2 Å². The monoisotopic (exact) mass is 695 g/mol. The maximum absolute atomic E-state index is 13.8. The zero-order valence-corrected chi connectivity index (χ0v) is 31.2. The van der Waals surface area contributed by atoms with Gasteiger partial charge in [-0.2, -0.15) is 0 Å². The van der Waals surface area contributed by atoms with E-state index in [4.69, 9.17) is 4.74 Å². The molecule has 0 radical (unpaired) electrons. The van der Waals surface area contributed by atoms with Crippen LogP contribution in [0.4, 0.5) is 0 Å². The highest BCUT2D eigenvalue weighted by Crippen LogP contribution is 2.30. The summed E-state index contributed by atoms with van der Waals surface area (Å²) in [6, 6.07) is 19.7. The number of carbonyl (C=O) groups is 2. The number of piperidine rings is 1. The number of hydrogen-bond acceptors (Lipinski definition) is 7. The predicted octanol–water partition coefficient (Wildman–Crippen LogP) is 8.07. The Bertz CT molecular complexity index is 1650. The number of nitrogens with one attached hydrogen (secondary N) is 2. The van der Waals surface area contributed by atoms with Gasteiger partial charge in [-0.1, -0.05) is 89.8 Å². The summed E-state index contributed by atoms with van der Waals surface area (Å²) >= 11 is 1.49. The zero-order chi connectivity index (χ0) is 35.5. The van der Waals surface area contributed by atoms with Crippen LogP contribution in [0.15, 0.2) is 73.1 Å². The fourth-order valence-electron chi connectivity index (χ4n) is 6.19. The maximum Gasteiger partial charge on any atom is 0.262 e. The van der Waals surface area contributed by atoms with Crippen molar-refractivity contribution in [3.05, 3.63) is 88.4 Å². The fourth-order valence-corrected chi connectivity index (χ4v) is 7.16. The first kappa shape index (κ1) is 37.2. The topological polar surface area (TPSA) is 96.4 Å². The maximum atomic E-state index is 13.8. The summed E-state index contributed by atoms with van der Waals surface area (Å²) in [4.78, 5) is 40.2. The van der Waals surface area contributed by atoms with Crippen LogP contribution in [0.5, 0.6) is 5.75 Å². The lowest BCUT2D eigenvalue weighted by atomic mass is 9.95. The third kappa shape index (κ3) is 10.2. The van der Waals surface area contributed by atoms with Crippen molar-refractivity contribution in [2.24, 2.45) is 0 Å². The van der Waals surface area contributed by atoms with Crippen molar-refractivity contribution in [1.29, 1.82) is 0 Å². The highest BCUT2D eigenvalue weighted by atomic mass is 32.1. The van der Waals surface area contributed by atoms with Gasteiger partial charge in [0.25, 0.3) is 5.91 Å². The smallest absolute Gasteiger partial charge is 0.262 e. The van der Waals surface area contributed by atoms with Crippen LogP contribution in [0.3, 0.4) is 0 Å². The van der Waals surface area contributed by atoms with Crippen LogP contribution in [0.25, 0.3) is 22.5 Å². The van der Waals surface area contributed by atoms with Crippen molar-refractivity contribution in [3.63, 3.8) is 0 Å². The van der Waals surface area contributed by atoms with Crippen molar-refractivity contribution in [2.75, 3.05) is 26.7 Å². The quantitative estimate of drug-likeness (QED) is 0.122. The largest absolute Gasteiger partial charge is 0.494 e. The molecule has 1 aliphatic heterocycles. The van der Waals surface area contributed by atoms with Gasteiger partial charge in [0.05, 0.1) is 11.5 Å². The van der Waals surface area contributed by atoms with Crippen LogP contribution in [-0.4, -0.2) is 65.5 Å². The van der Waals surface area contributed by atoms with Crippen LogP contribution in [0.1, 0.15) is 92.8 Å². The normalized spacial score (nSPS) is 14.4. The average Bonchev–Trinajstić information content (AvgIpc) is 3.65. The number of aromatic nitrogens is 2. The third-order valence-electron chi connectivity index (χ3n) is 9.40. The summed E-state index contributed by atoms with van der Waals surface area (Å²) in [5, 5.41) is 6.41. The Hall–Kier alpha value is -4.08. The van der Waals surface area contributed by atoms with E-state index in [9.17, 15) is 9.59 Å². The average molecular weight is 696 g/mol. The highest BCUT2D eigenvalue weighted by molar-refractivity contribution is 7.14. The summed E-state index contributed by atoms with van der Waals surface area (Å²) in [6.45, 7) is 10.7. The van der Waals surface area contributed by atoms with Gasteiger partial charge < -0.3 is 20.3 Å². The van der Waals surface area contributed by atoms with Gasteiger partial charge in [-0.05, 0) is 67.1 Å². The molecule has 2 aromatic heterocycles. The van der Waals surface area contributed by atoms with Gasteiger partial charge in [-0.15, -0.1) is 11.3 Å². The zero-order valence-electron chi connectivity index (χ0n) is 30.3. The molecular weight excluding hydrogens is 643 g/mol. The first-order valence-corrected chi connectivity index (χ1v) is 19.0. The predicted molar refractivity (Wildman–Crippen MR) is 204 cm³/mol. The molecule has 266 valence electrons. The van der Waals surface area contributed by atoms with Crippen LogP contribution in [0.2, 0.25) is 0 Å². The van der Waals surface area contributed by atoms with Crippen molar-refractivity contribution in [1.82, 2.24) is 25.5 Å². The van der Waals surface area contributed by atoms with Crippen LogP contribution in [0, 0.1) is 0 Å². The van der Waals surface area contributed by atoms with Crippen molar-refractivity contribution < 1.29 is 14.3 Å². The highest BCUT2D eigenvalue weighted by Gasteiger charge is 2.30. The number of amides is 2. The first-order chi connectivity index (χ1) is 24.1. The summed E-state index contributed by atoms with van der Waals surface area (Å²) in [5.41, 5.74) is 3.77. The Balaban J connectivity index is 1.22. The van der Waals surface area contributed by atoms with Gasteiger partial charge in [0, 0.05) is 53.9 Å². The molecule has 0 spiro atoms. The summed E-state index contributed by atoms with van der Waals surface area (Å²) < 4.78 is 5.92. The number of benzene rings is 2. The molecule has 0 saturated carbocycles. The molecule has 0 aliphatic carbocycles. The van der Waals surface area contributed by atoms with Crippen LogP contribution in [-0.2, 0) is 16.6 Å². The van der Waals surface area contributed by atoms with E-state index in [0.29, 0.717) is 36.3 Å². The fraction of sp³-hybridized carbons (Fsp3) is 0.463. The number of ether oxygens (including phenoxy) is 1. The molecule has 0 unspecified atom stereocenters. The summed E-state index contributed by atoms with van der Waals surface area (Å²) in [7, 11) is 1.97. The molecule has 0 bridgehead atoms. The van der Waals surface area contributed by atoms with Crippen molar-refractivity contribution >= 4 is 23.2 Å². The molecule has 9 heteroatoms. The van der Waals surface area contributed by atoms with E-state index in [1.165, 1.54) is 37.0 Å². The van der Waals surface area contributed by atoms with E-state index in [1.54, 1.807) is 0 Å². The lowest BCUT2D eigenvalue weighted by Gasteiger charge is -2.34. The molecule has 2 amide bonds. The van der Waals surface area contributed by atoms with Gasteiger partial charge in [0.15, 0.2) is 5.82 Å². The van der Waals surface area contributed by atoms with Gasteiger partial charge >= 0.3 is 0 Å². The third-order valence-corrected chi connectivity index (χ3v) is 10.9. The molecule has 1 atom stereocenters. The molecule has 2 N–H and O–H groups in total. The second-order valence-electron chi connectivity index (χ2n) is 14.3. The Labute approximate surface area is 302 Å². The van der Waals surface area contributed by atoms with Crippen LogP contribution < -0.4 is 15.4 Å².